The average Bonchev–Trinajstić information content (AvgIpc) is 3.22. The molecule has 3 aromatic rings. The predicted molar refractivity (Wildman–Crippen MR) is 113 cm³/mol. The summed E-state index contributed by atoms with van der Waals surface area (Å²) >= 11 is 0. The lowest BCUT2D eigenvalue weighted by molar-refractivity contribution is 0.0730. The number of sulfonamides is 1. The molecule has 0 amide bonds. The molecule has 0 spiro atoms. The fourth-order valence-corrected chi connectivity index (χ4v) is 5.84. The van der Waals surface area contributed by atoms with Gasteiger partial charge in [0.05, 0.1) is 18.1 Å². The van der Waals surface area contributed by atoms with Crippen LogP contribution >= 0.6 is 0 Å². The average molecular weight is 412 g/mol. The van der Waals surface area contributed by atoms with Crippen LogP contribution in [-0.2, 0) is 27.7 Å². The summed E-state index contributed by atoms with van der Waals surface area (Å²) in [6.45, 7) is 3.66. The molecule has 1 aromatic heterocycles. The van der Waals surface area contributed by atoms with Gasteiger partial charge >= 0.3 is 0 Å². The number of nitrogens with one attached hydrogen (secondary N) is 1. The number of morpholine rings is 1. The van der Waals surface area contributed by atoms with Crippen LogP contribution in [0.25, 0.3) is 22.0 Å². The van der Waals surface area contributed by atoms with E-state index in [9.17, 15) is 8.42 Å². The van der Waals surface area contributed by atoms with Gasteiger partial charge in [0.2, 0.25) is 10.0 Å². The number of H-pyrrole nitrogens is 1. The largest absolute Gasteiger partial charge is 0.379 e. The molecule has 2 aliphatic heterocycles. The minimum Gasteiger partial charge on any atom is -0.379 e. The molecule has 0 radical (unpaired) electrons. The molecule has 7 heteroatoms. The van der Waals surface area contributed by atoms with Crippen molar-refractivity contribution in [3.05, 3.63) is 53.7 Å². The minimum atomic E-state index is -3.47. The summed E-state index contributed by atoms with van der Waals surface area (Å²) in [5.41, 5.74) is 6.18. The van der Waals surface area contributed by atoms with Crippen molar-refractivity contribution in [1.29, 1.82) is 0 Å². The second-order valence-corrected chi connectivity index (χ2v) is 9.79. The molecule has 6 nitrogen and oxygen atoms in total. The molecule has 2 aromatic carbocycles. The quantitative estimate of drug-likeness (QED) is 0.720. The zero-order valence-corrected chi connectivity index (χ0v) is 17.3. The minimum absolute atomic E-state index is 0.344. The van der Waals surface area contributed by atoms with Gasteiger partial charge in [-0.1, -0.05) is 12.1 Å². The fraction of sp³-hybridized carbons (Fsp3) is 0.364. The topological polar surface area (TPSA) is 65.6 Å². The Bertz CT molecular complexity index is 1150. The third kappa shape index (κ3) is 3.28. The van der Waals surface area contributed by atoms with E-state index in [0.717, 1.165) is 25.1 Å². The third-order valence-electron chi connectivity index (χ3n) is 6.01. The van der Waals surface area contributed by atoms with Gasteiger partial charge in [0, 0.05) is 43.3 Å². The Hall–Kier alpha value is -2.19. The number of hydrogen-bond acceptors (Lipinski definition) is 4. The summed E-state index contributed by atoms with van der Waals surface area (Å²) in [5, 5.41) is 1.20. The van der Waals surface area contributed by atoms with Crippen LogP contribution in [0.5, 0.6) is 0 Å². The van der Waals surface area contributed by atoms with Crippen molar-refractivity contribution in [2.24, 2.45) is 0 Å². The van der Waals surface area contributed by atoms with E-state index >= 15 is 0 Å². The van der Waals surface area contributed by atoms with E-state index in [2.05, 4.69) is 29.1 Å². The first-order chi connectivity index (χ1) is 14.0. The number of likely N-dealkylation sites (N-methyl/N-ethyl adjacent to an activating group) is 1. The normalized spacial score (nSPS) is 18.8. The summed E-state index contributed by atoms with van der Waals surface area (Å²) in [7, 11) is -1.33. The van der Waals surface area contributed by atoms with Gasteiger partial charge in [-0.2, -0.15) is 4.31 Å². The summed E-state index contributed by atoms with van der Waals surface area (Å²) in [6.07, 6.45) is 3.01. The Labute approximate surface area is 171 Å². The number of fused-ring (bicyclic) bond motifs is 3. The molecule has 0 aliphatic carbocycles. The molecule has 2 aliphatic rings. The molecule has 29 heavy (non-hydrogen) atoms. The molecule has 0 unspecified atom stereocenters. The Morgan fingerprint density at radius 3 is 2.52 bits per heavy atom. The van der Waals surface area contributed by atoms with Crippen LogP contribution < -0.4 is 0 Å². The van der Waals surface area contributed by atoms with Crippen LogP contribution in [0.3, 0.4) is 0 Å². The van der Waals surface area contributed by atoms with E-state index < -0.39 is 10.0 Å². The number of hydrogen-bond donors (Lipinski definition) is 1. The molecular formula is C22H25N3O3S. The van der Waals surface area contributed by atoms with E-state index in [-0.39, 0.29) is 0 Å². The van der Waals surface area contributed by atoms with Gasteiger partial charge in [0.25, 0.3) is 0 Å². The van der Waals surface area contributed by atoms with E-state index in [1.165, 1.54) is 31.9 Å². The van der Waals surface area contributed by atoms with Crippen molar-refractivity contribution >= 4 is 20.9 Å². The molecule has 1 saturated heterocycles. The maximum absolute atomic E-state index is 12.9. The first-order valence-corrected chi connectivity index (χ1v) is 11.5. The lowest BCUT2D eigenvalue weighted by atomic mass is 9.89. The maximum Gasteiger partial charge on any atom is 0.243 e. The number of aromatic nitrogens is 1. The zero-order chi connectivity index (χ0) is 20.0. The Morgan fingerprint density at radius 1 is 1.00 bits per heavy atom. The number of benzene rings is 2. The van der Waals surface area contributed by atoms with Crippen LogP contribution in [0.1, 0.15) is 11.1 Å². The number of aromatic amines is 1. The molecule has 5 rings (SSSR count). The van der Waals surface area contributed by atoms with E-state index in [4.69, 9.17) is 4.74 Å². The first kappa shape index (κ1) is 18.8. The molecular weight excluding hydrogens is 386 g/mol. The Kier molecular flexibility index (Phi) is 4.70. The summed E-state index contributed by atoms with van der Waals surface area (Å²) in [6, 6.07) is 11.7. The molecule has 1 N–H and O–H groups in total. The molecule has 3 heterocycles. The molecule has 0 bridgehead atoms. The van der Waals surface area contributed by atoms with Crippen molar-refractivity contribution in [2.45, 2.75) is 17.9 Å². The molecule has 0 saturated carbocycles. The SMILES string of the molecule is CN1CCc2c(c(-c3ccc(S(=O)(=O)N4CCOCC4)cc3)cc3cc[nH]c23)C1. The predicted octanol–water partition coefficient (Wildman–Crippen LogP) is 2.84. The number of rotatable bonds is 3. The van der Waals surface area contributed by atoms with Crippen molar-refractivity contribution in [3.8, 4) is 11.1 Å². The second kappa shape index (κ2) is 7.25. The van der Waals surface area contributed by atoms with Crippen LogP contribution in [0.2, 0.25) is 0 Å². The van der Waals surface area contributed by atoms with Crippen molar-refractivity contribution in [3.63, 3.8) is 0 Å². The smallest absolute Gasteiger partial charge is 0.243 e. The van der Waals surface area contributed by atoms with Gasteiger partial charge in [-0.3, -0.25) is 0 Å². The van der Waals surface area contributed by atoms with Gasteiger partial charge < -0.3 is 14.6 Å². The zero-order valence-electron chi connectivity index (χ0n) is 16.5. The van der Waals surface area contributed by atoms with E-state index in [1.54, 1.807) is 12.1 Å². The van der Waals surface area contributed by atoms with Gasteiger partial charge in [0.1, 0.15) is 0 Å². The van der Waals surface area contributed by atoms with Gasteiger partial charge in [0.15, 0.2) is 0 Å². The Morgan fingerprint density at radius 2 is 1.76 bits per heavy atom. The highest BCUT2D eigenvalue weighted by Gasteiger charge is 2.26. The number of nitrogens with zero attached hydrogens (tertiary/aromatic N) is 2. The lowest BCUT2D eigenvalue weighted by Gasteiger charge is -2.28. The van der Waals surface area contributed by atoms with Crippen LogP contribution in [0.4, 0.5) is 0 Å². The molecule has 0 atom stereocenters. The fourth-order valence-electron chi connectivity index (χ4n) is 4.43. The van der Waals surface area contributed by atoms with E-state index in [1.807, 2.05) is 18.3 Å². The van der Waals surface area contributed by atoms with Crippen LogP contribution in [0, 0.1) is 0 Å². The van der Waals surface area contributed by atoms with Crippen molar-refractivity contribution < 1.29 is 13.2 Å². The summed E-state index contributed by atoms with van der Waals surface area (Å²) < 4.78 is 32.6. The first-order valence-electron chi connectivity index (χ1n) is 10.0. The van der Waals surface area contributed by atoms with Crippen LogP contribution in [0.15, 0.2) is 47.5 Å². The monoisotopic (exact) mass is 411 g/mol. The highest BCUT2D eigenvalue weighted by Crippen LogP contribution is 2.36. The van der Waals surface area contributed by atoms with Crippen molar-refractivity contribution in [1.82, 2.24) is 14.2 Å². The van der Waals surface area contributed by atoms with Crippen LogP contribution in [-0.4, -0.2) is 62.5 Å². The Balaban J connectivity index is 1.55. The van der Waals surface area contributed by atoms with Crippen molar-refractivity contribution in [2.75, 3.05) is 39.9 Å². The lowest BCUT2D eigenvalue weighted by Crippen LogP contribution is -2.40. The summed E-state index contributed by atoms with van der Waals surface area (Å²) in [5.74, 6) is 0. The van der Waals surface area contributed by atoms with Gasteiger partial charge in [-0.05, 0) is 60.0 Å². The summed E-state index contributed by atoms with van der Waals surface area (Å²) in [4.78, 5) is 6.07. The maximum atomic E-state index is 12.9. The third-order valence-corrected chi connectivity index (χ3v) is 7.93. The van der Waals surface area contributed by atoms with E-state index in [0.29, 0.717) is 31.2 Å². The molecule has 1 fully saturated rings. The van der Waals surface area contributed by atoms with Gasteiger partial charge in [-0.25, -0.2) is 8.42 Å². The highest BCUT2D eigenvalue weighted by molar-refractivity contribution is 7.89. The second-order valence-electron chi connectivity index (χ2n) is 7.85. The van der Waals surface area contributed by atoms with Gasteiger partial charge in [-0.15, -0.1) is 0 Å². The standard InChI is InChI=1S/C22H25N3O3S/c1-24-9-7-19-21(15-24)20(14-17-6-8-23-22(17)19)16-2-4-18(5-3-16)29(26,27)25-10-12-28-13-11-25/h2-6,8,14,23H,7,9-13,15H2,1H3. The highest BCUT2D eigenvalue weighted by atomic mass is 32.2. The number of ether oxygens (including phenoxy) is 1. The molecule has 152 valence electrons.